The molecule has 2 aromatic carbocycles. The SMILES string of the molecule is C[N+](C)(CCCS(=O)(=O)c1ccccc1)Cc1cnc(C(O)(c2ccccc2)C2CCCCC2)o1. The fourth-order valence-corrected chi connectivity index (χ4v) is 6.55. The lowest BCUT2D eigenvalue weighted by molar-refractivity contribution is -0.904. The van der Waals surface area contributed by atoms with E-state index in [0.29, 0.717) is 40.5 Å². The molecule has 3 aromatic rings. The predicted molar refractivity (Wildman–Crippen MR) is 136 cm³/mol. The van der Waals surface area contributed by atoms with E-state index in [1.54, 1.807) is 30.5 Å². The van der Waals surface area contributed by atoms with Crippen LogP contribution in [0.5, 0.6) is 0 Å². The van der Waals surface area contributed by atoms with Crippen molar-refractivity contribution in [2.75, 3.05) is 26.4 Å². The summed E-state index contributed by atoms with van der Waals surface area (Å²) in [6.45, 7) is 1.24. The number of nitrogens with zero attached hydrogens (tertiary/aromatic N) is 2. The van der Waals surface area contributed by atoms with Crippen LogP contribution in [0.4, 0.5) is 0 Å². The van der Waals surface area contributed by atoms with Gasteiger partial charge in [0.15, 0.2) is 21.2 Å². The molecule has 188 valence electrons. The number of aromatic nitrogens is 1. The summed E-state index contributed by atoms with van der Waals surface area (Å²) >= 11 is 0. The Morgan fingerprint density at radius 1 is 1.00 bits per heavy atom. The van der Waals surface area contributed by atoms with Crippen LogP contribution in [0.15, 0.2) is 76.2 Å². The van der Waals surface area contributed by atoms with Crippen LogP contribution in [0.2, 0.25) is 0 Å². The molecule has 0 amide bonds. The van der Waals surface area contributed by atoms with Gasteiger partial charge in [0.1, 0.15) is 6.54 Å². The molecule has 1 aliphatic carbocycles. The number of oxazole rings is 1. The summed E-state index contributed by atoms with van der Waals surface area (Å²) in [7, 11) is 0.822. The summed E-state index contributed by atoms with van der Waals surface area (Å²) in [5, 5.41) is 12.0. The van der Waals surface area contributed by atoms with Crippen LogP contribution in [-0.4, -0.2) is 49.4 Å². The fourth-order valence-electron chi connectivity index (χ4n) is 5.23. The molecule has 1 fully saturated rings. The second kappa shape index (κ2) is 10.6. The quantitative estimate of drug-likeness (QED) is 0.402. The minimum absolute atomic E-state index is 0.0656. The standard InChI is InChI=1S/C28H37N2O4S/c1-30(2,19-12-20-35(32,33)26-17-10-5-11-18-26)22-25-21-29-27(34-25)28(31,23-13-6-3-7-14-23)24-15-8-4-9-16-24/h3,5-7,10-11,13-14,17-18,21,24,31H,4,8-9,12,15-16,19-20,22H2,1-2H3/q+1. The summed E-state index contributed by atoms with van der Waals surface area (Å²) < 4.78 is 32.0. The number of quaternary nitrogens is 1. The molecule has 6 nitrogen and oxygen atoms in total. The van der Waals surface area contributed by atoms with Crippen LogP contribution in [0.25, 0.3) is 0 Å². The lowest BCUT2D eigenvalue weighted by Gasteiger charge is -2.36. The number of rotatable bonds is 10. The van der Waals surface area contributed by atoms with Crippen LogP contribution in [0.3, 0.4) is 0 Å². The smallest absolute Gasteiger partial charge is 0.231 e. The third-order valence-corrected chi connectivity index (χ3v) is 8.97. The highest BCUT2D eigenvalue weighted by Gasteiger charge is 2.44. The summed E-state index contributed by atoms with van der Waals surface area (Å²) in [6, 6.07) is 18.3. The predicted octanol–water partition coefficient (Wildman–Crippen LogP) is 4.93. The first-order valence-electron chi connectivity index (χ1n) is 12.5. The normalized spacial score (nSPS) is 17.2. The molecular weight excluding hydrogens is 460 g/mol. The highest BCUT2D eigenvalue weighted by atomic mass is 32.2. The Morgan fingerprint density at radius 3 is 2.29 bits per heavy atom. The maximum absolute atomic E-state index is 12.6. The second-order valence-electron chi connectivity index (χ2n) is 10.4. The van der Waals surface area contributed by atoms with Gasteiger partial charge in [0, 0.05) is 12.3 Å². The molecule has 0 bridgehead atoms. The zero-order valence-electron chi connectivity index (χ0n) is 20.8. The van der Waals surface area contributed by atoms with Crippen molar-refractivity contribution in [2.45, 2.75) is 55.6 Å². The van der Waals surface area contributed by atoms with Crippen LogP contribution >= 0.6 is 0 Å². The monoisotopic (exact) mass is 497 g/mol. The average molecular weight is 498 g/mol. The molecule has 0 radical (unpaired) electrons. The molecule has 1 unspecified atom stereocenters. The van der Waals surface area contributed by atoms with E-state index in [1.165, 1.54) is 6.42 Å². The van der Waals surface area contributed by atoms with Crippen molar-refractivity contribution in [3.63, 3.8) is 0 Å². The van der Waals surface area contributed by atoms with Crippen molar-refractivity contribution in [2.24, 2.45) is 5.92 Å². The third-order valence-electron chi connectivity index (χ3n) is 7.15. The van der Waals surface area contributed by atoms with E-state index in [9.17, 15) is 13.5 Å². The van der Waals surface area contributed by atoms with Crippen LogP contribution in [0.1, 0.15) is 55.7 Å². The summed E-state index contributed by atoms with van der Waals surface area (Å²) in [4.78, 5) is 4.93. The van der Waals surface area contributed by atoms with Gasteiger partial charge in [0.25, 0.3) is 0 Å². The Bertz CT molecular complexity index is 1190. The molecule has 4 rings (SSSR count). The minimum atomic E-state index is -3.29. The largest absolute Gasteiger partial charge is 0.436 e. The molecule has 1 aliphatic rings. The molecule has 1 N–H and O–H groups in total. The van der Waals surface area contributed by atoms with E-state index < -0.39 is 15.4 Å². The van der Waals surface area contributed by atoms with Crippen molar-refractivity contribution >= 4 is 9.84 Å². The zero-order valence-corrected chi connectivity index (χ0v) is 21.6. The molecule has 7 heteroatoms. The van der Waals surface area contributed by atoms with E-state index in [0.717, 1.165) is 31.2 Å². The molecular formula is C28H37N2O4S+. The maximum Gasteiger partial charge on any atom is 0.231 e. The van der Waals surface area contributed by atoms with E-state index in [2.05, 4.69) is 19.1 Å². The summed E-state index contributed by atoms with van der Waals surface area (Å²) in [6.07, 6.45) is 7.55. The average Bonchev–Trinajstić information content (AvgIpc) is 3.33. The van der Waals surface area contributed by atoms with Crippen molar-refractivity contribution < 1.29 is 22.4 Å². The summed E-state index contributed by atoms with van der Waals surface area (Å²) in [5.74, 6) is 1.23. The summed E-state index contributed by atoms with van der Waals surface area (Å²) in [5.41, 5.74) is -0.430. The van der Waals surface area contributed by atoms with Gasteiger partial charge in [-0.1, -0.05) is 67.8 Å². The Labute approximate surface area is 209 Å². The van der Waals surface area contributed by atoms with E-state index in [1.807, 2.05) is 36.4 Å². The fraction of sp³-hybridized carbons (Fsp3) is 0.464. The molecule has 0 aliphatic heterocycles. The number of hydrogen-bond donors (Lipinski definition) is 1. The van der Waals surface area contributed by atoms with Gasteiger partial charge in [-0.2, -0.15) is 0 Å². The van der Waals surface area contributed by atoms with Crippen molar-refractivity contribution in [3.05, 3.63) is 84.1 Å². The molecule has 1 atom stereocenters. The van der Waals surface area contributed by atoms with Crippen molar-refractivity contribution in [3.8, 4) is 0 Å². The highest BCUT2D eigenvalue weighted by Crippen LogP contribution is 2.43. The lowest BCUT2D eigenvalue weighted by Crippen LogP contribution is -2.40. The Morgan fingerprint density at radius 2 is 1.63 bits per heavy atom. The molecule has 0 spiro atoms. The number of benzene rings is 2. The van der Waals surface area contributed by atoms with Crippen molar-refractivity contribution in [1.82, 2.24) is 4.98 Å². The minimum Gasteiger partial charge on any atom is -0.436 e. The topological polar surface area (TPSA) is 80.4 Å². The zero-order chi connectivity index (χ0) is 24.9. The van der Waals surface area contributed by atoms with Crippen LogP contribution < -0.4 is 0 Å². The first-order valence-corrected chi connectivity index (χ1v) is 14.2. The maximum atomic E-state index is 12.6. The van der Waals surface area contributed by atoms with Gasteiger partial charge in [-0.3, -0.25) is 0 Å². The first-order chi connectivity index (χ1) is 16.7. The van der Waals surface area contributed by atoms with Crippen LogP contribution in [0, 0.1) is 5.92 Å². The molecule has 35 heavy (non-hydrogen) atoms. The second-order valence-corrected chi connectivity index (χ2v) is 12.5. The van der Waals surface area contributed by atoms with Crippen molar-refractivity contribution in [1.29, 1.82) is 0 Å². The van der Waals surface area contributed by atoms with Gasteiger partial charge in [-0.05, 0) is 30.5 Å². The van der Waals surface area contributed by atoms with E-state index >= 15 is 0 Å². The Kier molecular flexibility index (Phi) is 7.79. The Balaban J connectivity index is 1.45. The third kappa shape index (κ3) is 6.02. The molecule has 1 heterocycles. The van der Waals surface area contributed by atoms with Gasteiger partial charge >= 0.3 is 0 Å². The highest BCUT2D eigenvalue weighted by molar-refractivity contribution is 7.91. The molecule has 1 aromatic heterocycles. The van der Waals surface area contributed by atoms with Gasteiger partial charge in [-0.15, -0.1) is 0 Å². The van der Waals surface area contributed by atoms with Gasteiger partial charge in [-0.25, -0.2) is 13.4 Å². The molecule has 0 saturated heterocycles. The number of hydrogen-bond acceptors (Lipinski definition) is 5. The van der Waals surface area contributed by atoms with Gasteiger partial charge in [0.05, 0.1) is 37.5 Å². The van der Waals surface area contributed by atoms with Crippen LogP contribution in [-0.2, 0) is 22.0 Å². The van der Waals surface area contributed by atoms with Gasteiger partial charge < -0.3 is 14.0 Å². The Hall–Kier alpha value is -2.48. The number of sulfone groups is 1. The lowest BCUT2D eigenvalue weighted by atomic mass is 9.73. The van der Waals surface area contributed by atoms with E-state index in [4.69, 9.17) is 4.42 Å². The van der Waals surface area contributed by atoms with Gasteiger partial charge in [0.2, 0.25) is 5.89 Å². The van der Waals surface area contributed by atoms with E-state index in [-0.39, 0.29) is 11.7 Å². The number of aliphatic hydroxyl groups is 1. The molecule has 1 saturated carbocycles. The first kappa shape index (κ1) is 25.6.